The van der Waals surface area contributed by atoms with Gasteiger partial charge in [-0.15, -0.1) is 0 Å². The third kappa shape index (κ3) is 5.64. The van der Waals surface area contributed by atoms with E-state index in [2.05, 4.69) is 24.0 Å². The number of hydrogen-bond acceptors (Lipinski definition) is 3. The quantitative estimate of drug-likeness (QED) is 0.696. The Morgan fingerprint density at radius 3 is 2.20 bits per heavy atom. The van der Waals surface area contributed by atoms with E-state index in [1.165, 1.54) is 11.3 Å². The van der Waals surface area contributed by atoms with Crippen molar-refractivity contribution in [1.82, 2.24) is 0 Å². The van der Waals surface area contributed by atoms with Crippen LogP contribution in [0.3, 0.4) is 0 Å². The fraction of sp³-hybridized carbons (Fsp3) is 0.588. The van der Waals surface area contributed by atoms with Crippen LogP contribution >= 0.6 is 0 Å². The summed E-state index contributed by atoms with van der Waals surface area (Å²) >= 11 is 0. The molecule has 112 valence electrons. The predicted octanol–water partition coefficient (Wildman–Crippen LogP) is 4.28. The third-order valence-corrected chi connectivity index (χ3v) is 2.89. The zero-order valence-electron chi connectivity index (χ0n) is 13.6. The van der Waals surface area contributed by atoms with Gasteiger partial charge >= 0.3 is 0 Å². The summed E-state index contributed by atoms with van der Waals surface area (Å²) in [5, 5.41) is 0. The monoisotopic (exact) mass is 277 g/mol. The largest absolute Gasteiger partial charge is 0.487 e. The first-order valence-electron chi connectivity index (χ1n) is 7.31. The molecule has 0 saturated heterocycles. The summed E-state index contributed by atoms with van der Waals surface area (Å²) in [5.41, 5.74) is 2.42. The molecule has 0 radical (unpaired) electrons. The molecule has 0 aliphatic heterocycles. The highest BCUT2D eigenvalue weighted by molar-refractivity contribution is 5.81. The van der Waals surface area contributed by atoms with Crippen molar-refractivity contribution in [2.45, 2.75) is 59.7 Å². The molecule has 0 saturated carbocycles. The van der Waals surface area contributed by atoms with E-state index >= 15 is 0 Å². The minimum atomic E-state index is 0.138. The van der Waals surface area contributed by atoms with Gasteiger partial charge in [0.05, 0.1) is 12.2 Å². The van der Waals surface area contributed by atoms with Crippen molar-refractivity contribution in [2.24, 2.45) is 4.99 Å². The Morgan fingerprint density at radius 2 is 1.65 bits per heavy atom. The topological polar surface area (TPSA) is 30.8 Å². The molecule has 0 amide bonds. The smallest absolute Gasteiger partial charge is 0.161 e. The van der Waals surface area contributed by atoms with Crippen molar-refractivity contribution in [3.05, 3.63) is 23.8 Å². The number of aliphatic imine (C=N–C) groups is 1. The molecular weight excluding hydrogens is 250 g/mol. The van der Waals surface area contributed by atoms with Crippen molar-refractivity contribution in [1.29, 1.82) is 0 Å². The van der Waals surface area contributed by atoms with Crippen LogP contribution in [0.1, 0.15) is 46.6 Å². The number of benzene rings is 1. The standard InChI is InChI=1S/C17H27NO2/c1-12(2)19-16-10-9-15(8-7-14(5)18-6)11-17(16)20-13(3)4/h9-13H,7-8H2,1-6H3. The Bertz CT molecular complexity index is 450. The minimum absolute atomic E-state index is 0.138. The van der Waals surface area contributed by atoms with Gasteiger partial charge in [0, 0.05) is 12.8 Å². The van der Waals surface area contributed by atoms with Crippen LogP contribution < -0.4 is 9.47 Å². The van der Waals surface area contributed by atoms with Gasteiger partial charge in [-0.25, -0.2) is 0 Å². The van der Waals surface area contributed by atoms with Gasteiger partial charge in [0.1, 0.15) is 0 Å². The lowest BCUT2D eigenvalue weighted by molar-refractivity contribution is 0.198. The van der Waals surface area contributed by atoms with E-state index in [4.69, 9.17) is 9.47 Å². The van der Waals surface area contributed by atoms with Crippen molar-refractivity contribution in [2.75, 3.05) is 7.05 Å². The second-order valence-electron chi connectivity index (χ2n) is 5.57. The van der Waals surface area contributed by atoms with E-state index < -0.39 is 0 Å². The van der Waals surface area contributed by atoms with E-state index in [-0.39, 0.29) is 12.2 Å². The lowest BCUT2D eigenvalue weighted by Gasteiger charge is -2.18. The Morgan fingerprint density at radius 1 is 1.05 bits per heavy atom. The minimum Gasteiger partial charge on any atom is -0.487 e. The van der Waals surface area contributed by atoms with Crippen LogP contribution in [0.5, 0.6) is 11.5 Å². The van der Waals surface area contributed by atoms with E-state index in [0.717, 1.165) is 24.3 Å². The fourth-order valence-corrected chi connectivity index (χ4v) is 1.84. The van der Waals surface area contributed by atoms with Crippen LogP contribution in [-0.4, -0.2) is 25.0 Å². The van der Waals surface area contributed by atoms with Crippen molar-refractivity contribution in [3.63, 3.8) is 0 Å². The van der Waals surface area contributed by atoms with Gasteiger partial charge in [-0.3, -0.25) is 4.99 Å². The highest BCUT2D eigenvalue weighted by Gasteiger charge is 2.10. The van der Waals surface area contributed by atoms with Crippen molar-refractivity contribution < 1.29 is 9.47 Å². The first-order chi connectivity index (χ1) is 9.42. The second-order valence-corrected chi connectivity index (χ2v) is 5.57. The number of ether oxygens (including phenoxy) is 2. The molecule has 0 unspecified atom stereocenters. The molecular formula is C17H27NO2. The summed E-state index contributed by atoms with van der Waals surface area (Å²) < 4.78 is 11.7. The summed E-state index contributed by atoms with van der Waals surface area (Å²) in [4.78, 5) is 4.19. The Hall–Kier alpha value is -1.51. The highest BCUT2D eigenvalue weighted by Crippen LogP contribution is 2.30. The van der Waals surface area contributed by atoms with Gasteiger partial charge in [-0.2, -0.15) is 0 Å². The van der Waals surface area contributed by atoms with Gasteiger partial charge in [0.2, 0.25) is 0 Å². The maximum Gasteiger partial charge on any atom is 0.161 e. The number of aryl methyl sites for hydroxylation is 1. The first-order valence-corrected chi connectivity index (χ1v) is 7.31. The molecule has 3 nitrogen and oxygen atoms in total. The van der Waals surface area contributed by atoms with Crippen LogP contribution in [0.2, 0.25) is 0 Å². The SMILES string of the molecule is CN=C(C)CCc1ccc(OC(C)C)c(OC(C)C)c1. The van der Waals surface area contributed by atoms with Crippen LogP contribution in [0.4, 0.5) is 0 Å². The number of rotatable bonds is 7. The fourth-order valence-electron chi connectivity index (χ4n) is 1.84. The Kier molecular flexibility index (Phi) is 6.56. The Labute approximate surface area is 123 Å². The second kappa shape index (κ2) is 7.93. The summed E-state index contributed by atoms with van der Waals surface area (Å²) in [6.07, 6.45) is 2.23. The van der Waals surface area contributed by atoms with Crippen molar-refractivity contribution in [3.8, 4) is 11.5 Å². The molecule has 3 heteroatoms. The average molecular weight is 277 g/mol. The van der Waals surface area contributed by atoms with Gasteiger partial charge in [-0.1, -0.05) is 6.07 Å². The molecule has 0 fully saturated rings. The molecule has 0 aromatic heterocycles. The molecule has 1 rings (SSSR count). The molecule has 0 heterocycles. The summed E-state index contributed by atoms with van der Waals surface area (Å²) in [6.45, 7) is 10.2. The summed E-state index contributed by atoms with van der Waals surface area (Å²) in [7, 11) is 1.84. The van der Waals surface area contributed by atoms with E-state index in [0.29, 0.717) is 0 Å². The zero-order chi connectivity index (χ0) is 15.1. The van der Waals surface area contributed by atoms with E-state index in [1.807, 2.05) is 40.8 Å². The molecule has 0 aliphatic carbocycles. The zero-order valence-corrected chi connectivity index (χ0v) is 13.6. The molecule has 0 spiro atoms. The van der Waals surface area contributed by atoms with Crippen LogP contribution in [0.15, 0.2) is 23.2 Å². The van der Waals surface area contributed by atoms with Gasteiger partial charge < -0.3 is 9.47 Å². The molecule has 0 N–H and O–H groups in total. The van der Waals surface area contributed by atoms with Crippen LogP contribution in [0, 0.1) is 0 Å². The molecule has 20 heavy (non-hydrogen) atoms. The van der Waals surface area contributed by atoms with E-state index in [9.17, 15) is 0 Å². The third-order valence-electron chi connectivity index (χ3n) is 2.89. The Balaban J connectivity index is 2.88. The maximum atomic E-state index is 5.86. The number of nitrogens with zero attached hydrogens (tertiary/aromatic N) is 1. The van der Waals surface area contributed by atoms with Crippen molar-refractivity contribution >= 4 is 5.71 Å². The highest BCUT2D eigenvalue weighted by atomic mass is 16.5. The lowest BCUT2D eigenvalue weighted by Crippen LogP contribution is -2.11. The van der Waals surface area contributed by atoms with Gasteiger partial charge in [0.15, 0.2) is 11.5 Å². The molecule has 1 aromatic carbocycles. The van der Waals surface area contributed by atoms with Crippen LogP contribution in [0.25, 0.3) is 0 Å². The maximum absolute atomic E-state index is 5.86. The molecule has 1 aromatic rings. The summed E-state index contributed by atoms with van der Waals surface area (Å²) in [6, 6.07) is 6.19. The van der Waals surface area contributed by atoms with E-state index in [1.54, 1.807) is 0 Å². The summed E-state index contributed by atoms with van der Waals surface area (Å²) in [5.74, 6) is 1.65. The molecule has 0 aliphatic rings. The van der Waals surface area contributed by atoms with Gasteiger partial charge in [-0.05, 0) is 65.2 Å². The lowest BCUT2D eigenvalue weighted by atomic mass is 10.1. The first kappa shape index (κ1) is 16.5. The molecule has 0 atom stereocenters. The normalized spacial score (nSPS) is 12.1. The molecule has 0 bridgehead atoms. The number of hydrogen-bond donors (Lipinski definition) is 0. The van der Waals surface area contributed by atoms with Crippen LogP contribution in [-0.2, 0) is 6.42 Å². The average Bonchev–Trinajstić information content (AvgIpc) is 2.37. The van der Waals surface area contributed by atoms with Gasteiger partial charge in [0.25, 0.3) is 0 Å². The predicted molar refractivity (Wildman–Crippen MR) is 85.3 cm³/mol.